The minimum Gasteiger partial charge on any atom is -0.426 e. The highest BCUT2D eigenvalue weighted by atomic mass is 16.5. The van der Waals surface area contributed by atoms with Crippen LogP contribution in [0.15, 0.2) is 103 Å². The topological polar surface area (TPSA) is 26.3 Å². The van der Waals surface area contributed by atoms with E-state index in [2.05, 4.69) is 48.6 Å². The molecule has 152 valence electrons. The molecule has 1 aliphatic heterocycles. The van der Waals surface area contributed by atoms with Crippen LogP contribution in [0.25, 0.3) is 16.8 Å². The molecule has 0 saturated heterocycles. The minimum atomic E-state index is -0.635. The molecule has 0 bridgehead atoms. The molecule has 2 nitrogen and oxygen atoms in total. The van der Waals surface area contributed by atoms with Crippen molar-refractivity contribution in [2.75, 3.05) is 0 Å². The van der Waals surface area contributed by atoms with E-state index in [0.717, 1.165) is 22.1 Å². The van der Waals surface area contributed by atoms with Gasteiger partial charge < -0.3 is 4.74 Å². The number of rotatable bonds is 5. The number of ether oxygens (including phenoxy) is 1. The fourth-order valence-electron chi connectivity index (χ4n) is 4.55. The van der Waals surface area contributed by atoms with Crippen LogP contribution in [-0.4, -0.2) is 5.97 Å². The molecule has 4 aromatic rings. The molecule has 0 unspecified atom stereocenters. The molecule has 2 heteroatoms. The van der Waals surface area contributed by atoms with Gasteiger partial charge in [-0.3, -0.25) is 4.79 Å². The number of hydrogen-bond donors (Lipinski definition) is 0. The first kappa shape index (κ1) is 19.3. The van der Waals surface area contributed by atoms with Crippen LogP contribution >= 0.6 is 0 Å². The summed E-state index contributed by atoms with van der Waals surface area (Å²) < 4.78 is 5.96. The summed E-state index contributed by atoms with van der Waals surface area (Å²) in [7, 11) is 0. The molecule has 0 aromatic heterocycles. The van der Waals surface area contributed by atoms with Gasteiger partial charge in [0, 0.05) is 5.56 Å². The van der Waals surface area contributed by atoms with Crippen molar-refractivity contribution in [3.8, 4) is 5.75 Å². The van der Waals surface area contributed by atoms with Gasteiger partial charge in [0.1, 0.15) is 5.75 Å². The number of benzene rings is 4. The fraction of sp³-hybridized carbons (Fsp3) is 0.138. The standard InChI is InChI=1S/C29H24O2/c30-28-29(20-23-12-5-2-6-13-23,19-9-14-22-10-3-1-4-11-22)21-26-25-16-8-7-15-24(25)17-18-27(26)31-28/h1-18H,19-21H2/b14-9+/t29-/m0/s1. The van der Waals surface area contributed by atoms with Gasteiger partial charge in [-0.2, -0.15) is 0 Å². The molecule has 31 heavy (non-hydrogen) atoms. The summed E-state index contributed by atoms with van der Waals surface area (Å²) >= 11 is 0. The van der Waals surface area contributed by atoms with Crippen molar-refractivity contribution in [2.24, 2.45) is 5.41 Å². The highest BCUT2D eigenvalue weighted by Crippen LogP contribution is 2.43. The van der Waals surface area contributed by atoms with E-state index >= 15 is 0 Å². The van der Waals surface area contributed by atoms with E-state index in [1.807, 2.05) is 60.7 Å². The van der Waals surface area contributed by atoms with Crippen molar-refractivity contribution >= 4 is 22.8 Å². The Morgan fingerprint density at radius 3 is 2.32 bits per heavy atom. The van der Waals surface area contributed by atoms with E-state index in [1.165, 1.54) is 5.39 Å². The fourth-order valence-corrected chi connectivity index (χ4v) is 4.55. The Kier molecular flexibility index (Phi) is 5.13. The van der Waals surface area contributed by atoms with E-state index in [4.69, 9.17) is 4.74 Å². The van der Waals surface area contributed by atoms with E-state index in [-0.39, 0.29) is 5.97 Å². The zero-order valence-corrected chi connectivity index (χ0v) is 17.3. The lowest BCUT2D eigenvalue weighted by Crippen LogP contribution is -2.42. The predicted octanol–water partition coefficient (Wildman–Crippen LogP) is 6.63. The summed E-state index contributed by atoms with van der Waals surface area (Å²) in [5.74, 6) is 0.552. The summed E-state index contributed by atoms with van der Waals surface area (Å²) in [4.78, 5) is 13.4. The van der Waals surface area contributed by atoms with Crippen LogP contribution in [0.2, 0.25) is 0 Å². The molecule has 0 radical (unpaired) electrons. The second kappa shape index (κ2) is 8.23. The Morgan fingerprint density at radius 1 is 0.806 bits per heavy atom. The van der Waals surface area contributed by atoms with Gasteiger partial charge in [-0.05, 0) is 47.2 Å². The average molecular weight is 405 g/mol. The Balaban J connectivity index is 1.56. The van der Waals surface area contributed by atoms with Crippen molar-refractivity contribution in [2.45, 2.75) is 19.3 Å². The van der Waals surface area contributed by atoms with Crippen LogP contribution in [0, 0.1) is 5.41 Å². The maximum absolute atomic E-state index is 13.4. The Labute approximate surface area is 182 Å². The molecule has 4 aromatic carbocycles. The van der Waals surface area contributed by atoms with Gasteiger partial charge >= 0.3 is 5.97 Å². The first-order valence-corrected chi connectivity index (χ1v) is 10.7. The van der Waals surface area contributed by atoms with E-state index in [0.29, 0.717) is 25.0 Å². The number of hydrogen-bond acceptors (Lipinski definition) is 2. The van der Waals surface area contributed by atoms with Gasteiger partial charge in [-0.1, -0.05) is 103 Å². The smallest absolute Gasteiger partial charge is 0.318 e. The van der Waals surface area contributed by atoms with E-state index in [1.54, 1.807) is 0 Å². The van der Waals surface area contributed by atoms with Crippen LogP contribution in [0.1, 0.15) is 23.1 Å². The molecular weight excluding hydrogens is 380 g/mol. The second-order valence-electron chi connectivity index (χ2n) is 8.29. The molecule has 1 heterocycles. The van der Waals surface area contributed by atoms with Crippen LogP contribution in [0.3, 0.4) is 0 Å². The normalized spacial score (nSPS) is 18.1. The average Bonchev–Trinajstić information content (AvgIpc) is 2.81. The summed E-state index contributed by atoms with van der Waals surface area (Å²) in [6.07, 6.45) is 6.15. The van der Waals surface area contributed by atoms with Crippen LogP contribution in [0.4, 0.5) is 0 Å². The predicted molar refractivity (Wildman–Crippen MR) is 126 cm³/mol. The lowest BCUT2D eigenvalue weighted by atomic mass is 9.72. The highest BCUT2D eigenvalue weighted by Gasteiger charge is 2.44. The molecular formula is C29H24O2. The largest absolute Gasteiger partial charge is 0.426 e. The third kappa shape index (κ3) is 3.89. The number of carbonyl (C=O) groups is 1. The molecule has 0 spiro atoms. The number of fused-ring (bicyclic) bond motifs is 3. The first-order chi connectivity index (χ1) is 15.2. The van der Waals surface area contributed by atoms with Crippen molar-refractivity contribution in [3.63, 3.8) is 0 Å². The van der Waals surface area contributed by atoms with Gasteiger partial charge in [0.15, 0.2) is 0 Å². The highest BCUT2D eigenvalue weighted by molar-refractivity contribution is 5.92. The van der Waals surface area contributed by atoms with E-state index in [9.17, 15) is 4.79 Å². The number of allylic oxidation sites excluding steroid dienone is 1. The maximum Gasteiger partial charge on any atom is 0.318 e. The monoisotopic (exact) mass is 404 g/mol. The Morgan fingerprint density at radius 2 is 1.52 bits per heavy atom. The Hall–Kier alpha value is -3.65. The van der Waals surface area contributed by atoms with Crippen LogP contribution in [0.5, 0.6) is 5.75 Å². The first-order valence-electron chi connectivity index (χ1n) is 10.7. The molecule has 1 aliphatic rings. The summed E-state index contributed by atoms with van der Waals surface area (Å²) in [5, 5.41) is 2.34. The molecule has 0 saturated carbocycles. The van der Waals surface area contributed by atoms with Crippen molar-refractivity contribution < 1.29 is 9.53 Å². The molecule has 0 amide bonds. The molecule has 0 N–H and O–H groups in total. The quantitative estimate of drug-likeness (QED) is 0.275. The van der Waals surface area contributed by atoms with Crippen molar-refractivity contribution in [1.82, 2.24) is 0 Å². The third-order valence-electron chi connectivity index (χ3n) is 6.15. The Bertz CT molecular complexity index is 1240. The zero-order chi connectivity index (χ0) is 21.1. The van der Waals surface area contributed by atoms with Crippen LogP contribution in [-0.2, 0) is 17.6 Å². The maximum atomic E-state index is 13.4. The van der Waals surface area contributed by atoms with E-state index < -0.39 is 5.41 Å². The minimum absolute atomic E-state index is 0.142. The van der Waals surface area contributed by atoms with Gasteiger partial charge in [-0.25, -0.2) is 0 Å². The second-order valence-corrected chi connectivity index (χ2v) is 8.29. The summed E-state index contributed by atoms with van der Waals surface area (Å²) in [5.41, 5.74) is 2.77. The summed E-state index contributed by atoms with van der Waals surface area (Å²) in [6.45, 7) is 0. The zero-order valence-electron chi connectivity index (χ0n) is 17.3. The molecule has 1 atom stereocenters. The lowest BCUT2D eigenvalue weighted by Gasteiger charge is -2.36. The lowest BCUT2D eigenvalue weighted by molar-refractivity contribution is -0.147. The van der Waals surface area contributed by atoms with Gasteiger partial charge in [0.25, 0.3) is 0 Å². The summed E-state index contributed by atoms with van der Waals surface area (Å²) in [6, 6.07) is 32.7. The number of carbonyl (C=O) groups excluding carboxylic acids is 1. The van der Waals surface area contributed by atoms with Crippen molar-refractivity contribution in [1.29, 1.82) is 0 Å². The van der Waals surface area contributed by atoms with Gasteiger partial charge in [0.05, 0.1) is 5.41 Å². The molecule has 5 rings (SSSR count). The van der Waals surface area contributed by atoms with Gasteiger partial charge in [-0.15, -0.1) is 0 Å². The third-order valence-corrected chi connectivity index (χ3v) is 6.15. The van der Waals surface area contributed by atoms with Crippen molar-refractivity contribution in [3.05, 3.63) is 120 Å². The molecule has 0 fully saturated rings. The van der Waals surface area contributed by atoms with Crippen LogP contribution < -0.4 is 4.74 Å². The van der Waals surface area contributed by atoms with Gasteiger partial charge in [0.2, 0.25) is 0 Å². The number of esters is 1. The molecule has 0 aliphatic carbocycles. The SMILES string of the molecule is O=C1Oc2ccc3ccccc3c2C[C@]1(C/C=C/c1ccccc1)Cc1ccccc1.